The summed E-state index contributed by atoms with van der Waals surface area (Å²) in [5.74, 6) is -0.394. The maximum Gasteiger partial charge on any atom is 0.242 e. The van der Waals surface area contributed by atoms with Crippen molar-refractivity contribution in [2.45, 2.75) is 30.7 Å². The van der Waals surface area contributed by atoms with Crippen molar-refractivity contribution in [2.24, 2.45) is 0 Å². The highest BCUT2D eigenvalue weighted by atomic mass is 32.2. The second-order valence-corrected chi connectivity index (χ2v) is 8.39. The second kappa shape index (κ2) is 9.49. The standard InChI is InChI=1S/C23H24N2O3S/c1-2-19-13-9-10-16-21(19)24-23(26)22(17-18-11-5-3-6-12-18)25-29(27,28)20-14-7-4-8-15-20/h3-16,22,25H,2,17H2,1H3,(H,24,26)/t22-/m1/s1. The molecule has 0 heterocycles. The van der Waals surface area contributed by atoms with Gasteiger partial charge in [0.25, 0.3) is 0 Å². The zero-order valence-electron chi connectivity index (χ0n) is 16.2. The molecule has 0 saturated carbocycles. The minimum absolute atomic E-state index is 0.125. The summed E-state index contributed by atoms with van der Waals surface area (Å²) in [5, 5.41) is 2.89. The predicted octanol–water partition coefficient (Wildman–Crippen LogP) is 3.78. The van der Waals surface area contributed by atoms with Crippen molar-refractivity contribution in [1.29, 1.82) is 0 Å². The summed E-state index contributed by atoms with van der Waals surface area (Å²) in [6, 6.07) is 24.0. The Kier molecular flexibility index (Phi) is 6.80. The first-order valence-electron chi connectivity index (χ1n) is 9.49. The van der Waals surface area contributed by atoms with Crippen molar-refractivity contribution in [3.05, 3.63) is 96.1 Å². The van der Waals surface area contributed by atoms with Crippen LogP contribution < -0.4 is 10.0 Å². The number of anilines is 1. The van der Waals surface area contributed by atoms with Crippen LogP contribution in [-0.2, 0) is 27.7 Å². The molecule has 0 bridgehead atoms. The van der Waals surface area contributed by atoms with E-state index in [0.29, 0.717) is 5.69 Å². The van der Waals surface area contributed by atoms with E-state index in [1.807, 2.05) is 61.5 Å². The molecule has 3 aromatic rings. The van der Waals surface area contributed by atoms with Gasteiger partial charge in [0, 0.05) is 5.69 Å². The first-order chi connectivity index (χ1) is 14.0. The van der Waals surface area contributed by atoms with Crippen LogP contribution in [0.3, 0.4) is 0 Å². The van der Waals surface area contributed by atoms with Crippen LogP contribution in [0.5, 0.6) is 0 Å². The van der Waals surface area contributed by atoms with E-state index in [2.05, 4.69) is 10.0 Å². The molecule has 0 fully saturated rings. The Morgan fingerprint density at radius 2 is 1.45 bits per heavy atom. The third kappa shape index (κ3) is 5.53. The largest absolute Gasteiger partial charge is 0.324 e. The van der Waals surface area contributed by atoms with E-state index in [9.17, 15) is 13.2 Å². The van der Waals surface area contributed by atoms with Crippen molar-refractivity contribution in [1.82, 2.24) is 4.72 Å². The fourth-order valence-electron chi connectivity index (χ4n) is 3.06. The minimum atomic E-state index is -3.84. The van der Waals surface area contributed by atoms with Gasteiger partial charge in [0.15, 0.2) is 0 Å². The molecule has 6 heteroatoms. The number of nitrogens with one attached hydrogen (secondary N) is 2. The number of para-hydroxylation sites is 1. The van der Waals surface area contributed by atoms with Crippen LogP contribution in [0.2, 0.25) is 0 Å². The van der Waals surface area contributed by atoms with E-state index in [4.69, 9.17) is 0 Å². The lowest BCUT2D eigenvalue weighted by Crippen LogP contribution is -2.45. The second-order valence-electron chi connectivity index (χ2n) is 6.68. The molecule has 0 aromatic heterocycles. The van der Waals surface area contributed by atoms with Gasteiger partial charge in [0.1, 0.15) is 6.04 Å². The first-order valence-corrected chi connectivity index (χ1v) is 11.0. The molecule has 3 rings (SSSR count). The van der Waals surface area contributed by atoms with Gasteiger partial charge in [0.2, 0.25) is 15.9 Å². The van der Waals surface area contributed by atoms with Gasteiger partial charge < -0.3 is 5.32 Å². The molecule has 1 atom stereocenters. The lowest BCUT2D eigenvalue weighted by Gasteiger charge is -2.20. The van der Waals surface area contributed by atoms with Crippen LogP contribution in [0.25, 0.3) is 0 Å². The molecule has 0 unspecified atom stereocenters. The molecule has 0 aliphatic rings. The van der Waals surface area contributed by atoms with Gasteiger partial charge in [-0.1, -0.05) is 73.7 Å². The number of hydrogen-bond acceptors (Lipinski definition) is 3. The molecule has 0 saturated heterocycles. The normalized spacial score (nSPS) is 12.3. The zero-order valence-corrected chi connectivity index (χ0v) is 17.0. The number of benzene rings is 3. The predicted molar refractivity (Wildman–Crippen MR) is 115 cm³/mol. The Labute approximate surface area is 171 Å². The lowest BCUT2D eigenvalue weighted by atomic mass is 10.1. The van der Waals surface area contributed by atoms with Crippen molar-refractivity contribution < 1.29 is 13.2 Å². The third-order valence-electron chi connectivity index (χ3n) is 4.61. The van der Waals surface area contributed by atoms with Gasteiger partial charge in [-0.05, 0) is 42.2 Å². The molecular weight excluding hydrogens is 384 g/mol. The average molecular weight is 409 g/mol. The van der Waals surface area contributed by atoms with Gasteiger partial charge in [-0.3, -0.25) is 4.79 Å². The van der Waals surface area contributed by atoms with E-state index in [1.54, 1.807) is 18.2 Å². The average Bonchev–Trinajstić information content (AvgIpc) is 2.75. The van der Waals surface area contributed by atoms with Crippen molar-refractivity contribution in [3.63, 3.8) is 0 Å². The van der Waals surface area contributed by atoms with E-state index in [-0.39, 0.29) is 11.3 Å². The zero-order chi connectivity index (χ0) is 20.7. The van der Waals surface area contributed by atoms with E-state index < -0.39 is 22.0 Å². The van der Waals surface area contributed by atoms with Crippen molar-refractivity contribution in [2.75, 3.05) is 5.32 Å². The van der Waals surface area contributed by atoms with E-state index >= 15 is 0 Å². The Morgan fingerprint density at radius 3 is 2.10 bits per heavy atom. The van der Waals surface area contributed by atoms with Crippen molar-refractivity contribution in [3.8, 4) is 0 Å². The van der Waals surface area contributed by atoms with Crippen LogP contribution >= 0.6 is 0 Å². The van der Waals surface area contributed by atoms with E-state index in [1.165, 1.54) is 12.1 Å². The molecule has 0 aliphatic carbocycles. The molecule has 0 spiro atoms. The maximum absolute atomic E-state index is 13.1. The molecule has 150 valence electrons. The summed E-state index contributed by atoms with van der Waals surface area (Å²) in [6.45, 7) is 2.00. The van der Waals surface area contributed by atoms with Crippen LogP contribution in [0.15, 0.2) is 89.8 Å². The highest BCUT2D eigenvalue weighted by Crippen LogP contribution is 2.17. The van der Waals surface area contributed by atoms with Gasteiger partial charge >= 0.3 is 0 Å². The van der Waals surface area contributed by atoms with Gasteiger partial charge in [-0.25, -0.2) is 8.42 Å². The number of carbonyl (C=O) groups is 1. The summed E-state index contributed by atoms with van der Waals surface area (Å²) in [4.78, 5) is 13.2. The number of rotatable bonds is 8. The third-order valence-corrected chi connectivity index (χ3v) is 6.09. The Hall–Kier alpha value is -2.96. The molecule has 0 radical (unpaired) electrons. The van der Waals surface area contributed by atoms with Crippen LogP contribution in [-0.4, -0.2) is 20.4 Å². The van der Waals surface area contributed by atoms with Gasteiger partial charge in [0.05, 0.1) is 4.90 Å². The summed E-state index contributed by atoms with van der Waals surface area (Å²) in [7, 11) is -3.84. The number of amides is 1. The Bertz CT molecular complexity index is 1050. The maximum atomic E-state index is 13.1. The van der Waals surface area contributed by atoms with Crippen LogP contribution in [0, 0.1) is 0 Å². The van der Waals surface area contributed by atoms with Crippen LogP contribution in [0.4, 0.5) is 5.69 Å². The molecule has 29 heavy (non-hydrogen) atoms. The molecular formula is C23H24N2O3S. The number of hydrogen-bond donors (Lipinski definition) is 2. The molecule has 3 aromatic carbocycles. The number of aryl methyl sites for hydroxylation is 1. The van der Waals surface area contributed by atoms with Gasteiger partial charge in [-0.2, -0.15) is 4.72 Å². The Morgan fingerprint density at radius 1 is 0.862 bits per heavy atom. The van der Waals surface area contributed by atoms with E-state index in [0.717, 1.165) is 17.5 Å². The molecule has 1 amide bonds. The fourth-order valence-corrected chi connectivity index (χ4v) is 4.28. The Balaban J connectivity index is 1.87. The fraction of sp³-hybridized carbons (Fsp3) is 0.174. The highest BCUT2D eigenvalue weighted by molar-refractivity contribution is 7.89. The minimum Gasteiger partial charge on any atom is -0.324 e. The molecule has 5 nitrogen and oxygen atoms in total. The summed E-state index contributed by atoms with van der Waals surface area (Å²) in [5.41, 5.74) is 2.55. The van der Waals surface area contributed by atoms with Crippen LogP contribution in [0.1, 0.15) is 18.1 Å². The molecule has 0 aliphatic heterocycles. The SMILES string of the molecule is CCc1ccccc1NC(=O)[C@@H](Cc1ccccc1)NS(=O)(=O)c1ccccc1. The lowest BCUT2D eigenvalue weighted by molar-refractivity contribution is -0.117. The monoisotopic (exact) mass is 408 g/mol. The van der Waals surface area contributed by atoms with Crippen molar-refractivity contribution >= 4 is 21.6 Å². The number of carbonyl (C=O) groups excluding carboxylic acids is 1. The summed E-state index contributed by atoms with van der Waals surface area (Å²) in [6.07, 6.45) is 1.00. The quantitative estimate of drug-likeness (QED) is 0.596. The highest BCUT2D eigenvalue weighted by Gasteiger charge is 2.26. The molecule has 2 N–H and O–H groups in total. The smallest absolute Gasteiger partial charge is 0.242 e. The first kappa shape index (κ1) is 20.8. The summed E-state index contributed by atoms with van der Waals surface area (Å²) >= 11 is 0. The topological polar surface area (TPSA) is 75.3 Å². The summed E-state index contributed by atoms with van der Waals surface area (Å²) < 4.78 is 28.2. The van der Waals surface area contributed by atoms with Gasteiger partial charge in [-0.15, -0.1) is 0 Å². The number of sulfonamides is 1.